The Balaban J connectivity index is 4.12. The zero-order valence-electron chi connectivity index (χ0n) is 51.0. The molecule has 0 heterocycles. The molecule has 0 aromatic rings. The number of hydrogen-bond acceptors (Lipinski definition) is 6. The van der Waals surface area contributed by atoms with E-state index in [1.165, 1.54) is 250 Å². The van der Waals surface area contributed by atoms with E-state index in [2.05, 4.69) is 63.3 Å². The van der Waals surface area contributed by atoms with Crippen LogP contribution in [-0.2, 0) is 28.6 Å². The van der Waals surface area contributed by atoms with Gasteiger partial charge in [-0.1, -0.05) is 345 Å². The summed E-state index contributed by atoms with van der Waals surface area (Å²) in [6, 6.07) is 0. The second-order valence-corrected chi connectivity index (χ2v) is 22.7. The first-order valence-electron chi connectivity index (χ1n) is 33.6. The van der Waals surface area contributed by atoms with Crippen LogP contribution in [0.3, 0.4) is 0 Å². The van der Waals surface area contributed by atoms with E-state index in [9.17, 15) is 14.4 Å². The van der Waals surface area contributed by atoms with Gasteiger partial charge in [0.05, 0.1) is 0 Å². The van der Waals surface area contributed by atoms with Crippen LogP contribution in [-0.4, -0.2) is 37.2 Å². The van der Waals surface area contributed by atoms with Crippen molar-refractivity contribution in [2.24, 2.45) is 0 Å². The van der Waals surface area contributed by atoms with Crippen molar-refractivity contribution in [2.45, 2.75) is 367 Å². The Morgan fingerprint density at radius 3 is 0.803 bits per heavy atom. The third-order valence-corrected chi connectivity index (χ3v) is 15.1. The summed E-state index contributed by atoms with van der Waals surface area (Å²) in [5.41, 5.74) is 0. The second-order valence-electron chi connectivity index (χ2n) is 22.7. The van der Waals surface area contributed by atoms with Crippen LogP contribution in [0.4, 0.5) is 0 Å². The fourth-order valence-corrected chi connectivity index (χ4v) is 10.1. The van der Waals surface area contributed by atoms with Gasteiger partial charge in [0.1, 0.15) is 13.2 Å². The van der Waals surface area contributed by atoms with Crippen LogP contribution in [0.2, 0.25) is 0 Å². The Labute approximate surface area is 473 Å². The maximum Gasteiger partial charge on any atom is 0.306 e. The summed E-state index contributed by atoms with van der Waals surface area (Å²) in [5.74, 6) is -0.954. The van der Waals surface area contributed by atoms with E-state index in [-0.39, 0.29) is 37.5 Å². The van der Waals surface area contributed by atoms with Crippen LogP contribution in [0, 0.1) is 0 Å². The fourth-order valence-electron chi connectivity index (χ4n) is 10.1. The maximum absolute atomic E-state index is 12.9. The highest BCUT2D eigenvalue weighted by molar-refractivity contribution is 5.71. The third-order valence-electron chi connectivity index (χ3n) is 15.1. The van der Waals surface area contributed by atoms with Gasteiger partial charge in [0, 0.05) is 19.3 Å². The predicted octanol–water partition coefficient (Wildman–Crippen LogP) is 22.9. The molecule has 1 atom stereocenters. The first kappa shape index (κ1) is 73.4. The molecule has 0 N–H and O–H groups in total. The number of unbranched alkanes of at least 4 members (excludes halogenated alkanes) is 43. The zero-order chi connectivity index (χ0) is 55.0. The molecule has 0 saturated carbocycles. The molecule has 0 bridgehead atoms. The Morgan fingerprint density at radius 1 is 0.276 bits per heavy atom. The van der Waals surface area contributed by atoms with E-state index in [1.54, 1.807) is 0 Å². The summed E-state index contributed by atoms with van der Waals surface area (Å²) < 4.78 is 16.8. The van der Waals surface area contributed by atoms with Gasteiger partial charge in [0.2, 0.25) is 0 Å². The molecule has 0 spiro atoms. The van der Waals surface area contributed by atoms with Gasteiger partial charge in [-0.15, -0.1) is 0 Å². The van der Waals surface area contributed by atoms with Crippen LogP contribution in [0.25, 0.3) is 0 Å². The lowest BCUT2D eigenvalue weighted by atomic mass is 10.0. The lowest BCUT2D eigenvalue weighted by Crippen LogP contribution is -2.30. The smallest absolute Gasteiger partial charge is 0.306 e. The molecule has 1 unspecified atom stereocenters. The van der Waals surface area contributed by atoms with E-state index >= 15 is 0 Å². The van der Waals surface area contributed by atoms with E-state index < -0.39 is 6.10 Å². The Hall–Kier alpha value is -2.63. The minimum atomic E-state index is -0.798. The lowest BCUT2D eigenvalue weighted by Gasteiger charge is -2.18. The van der Waals surface area contributed by atoms with Crippen LogP contribution in [0.15, 0.2) is 48.6 Å². The molecule has 0 aliphatic rings. The number of esters is 3. The molecule has 0 rings (SSSR count). The Kier molecular flexibility index (Phi) is 62.6. The average Bonchev–Trinajstić information content (AvgIpc) is 3.42. The number of ether oxygens (including phenoxy) is 3. The summed E-state index contributed by atoms with van der Waals surface area (Å²) in [5, 5.41) is 0. The Morgan fingerprint density at radius 2 is 0.513 bits per heavy atom. The van der Waals surface area contributed by atoms with Crippen molar-refractivity contribution in [1.82, 2.24) is 0 Å². The van der Waals surface area contributed by atoms with Gasteiger partial charge < -0.3 is 14.2 Å². The molecule has 0 aromatic heterocycles. The lowest BCUT2D eigenvalue weighted by molar-refractivity contribution is -0.166. The number of carbonyl (C=O) groups excluding carboxylic acids is 3. The van der Waals surface area contributed by atoms with Crippen molar-refractivity contribution in [3.05, 3.63) is 48.6 Å². The number of rotatable bonds is 62. The molecule has 0 fully saturated rings. The number of allylic oxidation sites excluding steroid dienone is 8. The molecule has 0 radical (unpaired) electrons. The van der Waals surface area contributed by atoms with Gasteiger partial charge in [-0.25, -0.2) is 0 Å². The van der Waals surface area contributed by atoms with E-state index in [0.29, 0.717) is 19.3 Å². The SMILES string of the molecule is CC/C=C\C/C=C\C/C=C\C/C=C\CCC(=O)OCC(COC(=O)CCCCCCCCCCCCCCCCCCCCCCCCCCCCCCCCC)OC(=O)CCCCCCCCCCCCCCCC. The molecule has 0 aliphatic heterocycles. The van der Waals surface area contributed by atoms with Crippen molar-refractivity contribution in [3.8, 4) is 0 Å². The summed E-state index contributed by atoms with van der Waals surface area (Å²) in [6.07, 6.45) is 81.7. The first-order valence-corrected chi connectivity index (χ1v) is 33.6. The maximum atomic E-state index is 12.9. The molecule has 0 aromatic carbocycles. The minimum absolute atomic E-state index is 0.0902. The highest BCUT2D eigenvalue weighted by atomic mass is 16.6. The van der Waals surface area contributed by atoms with E-state index in [0.717, 1.165) is 64.2 Å². The third kappa shape index (κ3) is 62.2. The first-order chi connectivity index (χ1) is 37.5. The average molecular weight is 1070 g/mol. The highest BCUT2D eigenvalue weighted by Crippen LogP contribution is 2.18. The summed E-state index contributed by atoms with van der Waals surface area (Å²) in [7, 11) is 0. The van der Waals surface area contributed by atoms with E-state index in [4.69, 9.17) is 14.2 Å². The fraction of sp³-hybridized carbons (Fsp3) is 0.843. The van der Waals surface area contributed by atoms with Crippen molar-refractivity contribution in [1.29, 1.82) is 0 Å². The molecule has 6 nitrogen and oxygen atoms in total. The largest absolute Gasteiger partial charge is 0.462 e. The molecule has 0 saturated heterocycles. The molecule has 0 amide bonds. The summed E-state index contributed by atoms with van der Waals surface area (Å²) in [4.78, 5) is 38.2. The van der Waals surface area contributed by atoms with Crippen LogP contribution < -0.4 is 0 Å². The van der Waals surface area contributed by atoms with Crippen LogP contribution in [0.1, 0.15) is 361 Å². The standard InChI is InChI=1S/C70H128O6/c1-4-7-10-13-16-19-22-25-27-28-29-30-31-32-33-34-35-36-37-38-39-40-41-42-43-46-48-51-54-57-60-63-69(72)75-66-67(65-74-68(71)62-59-56-53-50-47-44-24-21-18-15-12-9-6-3)76-70(73)64-61-58-55-52-49-45-26-23-20-17-14-11-8-5-2/h9,12,18,21,44,47,53,56,67H,4-8,10-11,13-17,19-20,22-43,45-46,48-52,54-55,57-66H2,1-3H3/b12-9-,21-18-,47-44-,56-53-. The number of hydrogen-bond donors (Lipinski definition) is 0. The van der Waals surface area contributed by atoms with Crippen molar-refractivity contribution >= 4 is 17.9 Å². The topological polar surface area (TPSA) is 78.9 Å². The second kappa shape index (κ2) is 64.9. The zero-order valence-corrected chi connectivity index (χ0v) is 51.0. The minimum Gasteiger partial charge on any atom is -0.462 e. The predicted molar refractivity (Wildman–Crippen MR) is 330 cm³/mol. The highest BCUT2D eigenvalue weighted by Gasteiger charge is 2.19. The molecule has 0 aliphatic carbocycles. The van der Waals surface area contributed by atoms with Gasteiger partial charge in [0.15, 0.2) is 6.10 Å². The van der Waals surface area contributed by atoms with Crippen LogP contribution in [0.5, 0.6) is 0 Å². The number of carbonyl (C=O) groups is 3. The molecular formula is C70H128O6. The molecule has 444 valence electrons. The van der Waals surface area contributed by atoms with Gasteiger partial charge in [0.25, 0.3) is 0 Å². The Bertz CT molecular complexity index is 1310. The summed E-state index contributed by atoms with van der Waals surface area (Å²) >= 11 is 0. The van der Waals surface area contributed by atoms with Crippen molar-refractivity contribution in [2.75, 3.05) is 13.2 Å². The quantitative estimate of drug-likeness (QED) is 0.0261. The van der Waals surface area contributed by atoms with Gasteiger partial charge in [-0.05, 0) is 44.9 Å². The van der Waals surface area contributed by atoms with Gasteiger partial charge >= 0.3 is 17.9 Å². The molecular weight excluding hydrogens is 937 g/mol. The van der Waals surface area contributed by atoms with Gasteiger partial charge in [-0.3, -0.25) is 14.4 Å². The monoisotopic (exact) mass is 1060 g/mol. The van der Waals surface area contributed by atoms with Crippen molar-refractivity contribution < 1.29 is 28.6 Å². The van der Waals surface area contributed by atoms with Crippen molar-refractivity contribution in [3.63, 3.8) is 0 Å². The summed E-state index contributed by atoms with van der Waals surface area (Å²) in [6.45, 7) is 6.52. The van der Waals surface area contributed by atoms with Gasteiger partial charge in [-0.2, -0.15) is 0 Å². The normalized spacial score (nSPS) is 12.3. The molecule has 6 heteroatoms. The molecule has 76 heavy (non-hydrogen) atoms. The van der Waals surface area contributed by atoms with Crippen LogP contribution >= 0.6 is 0 Å². The van der Waals surface area contributed by atoms with E-state index in [1.807, 2.05) is 6.08 Å².